The SMILES string of the molecule is COc1ccc(C2c3ccccc3C(c3ccc4c(c3)OCO4)C2C(N)=O)cc1. The predicted octanol–water partition coefficient (Wildman–Crippen LogP) is 3.80. The zero-order valence-corrected chi connectivity index (χ0v) is 16.0. The third kappa shape index (κ3) is 2.81. The molecule has 2 N–H and O–H groups in total. The second kappa shape index (κ2) is 6.85. The van der Waals surface area contributed by atoms with Gasteiger partial charge in [-0.2, -0.15) is 0 Å². The van der Waals surface area contributed by atoms with Gasteiger partial charge in [-0.3, -0.25) is 4.79 Å². The molecule has 0 saturated carbocycles. The fourth-order valence-electron chi connectivity index (χ4n) is 4.68. The number of amides is 1. The molecular weight excluding hydrogens is 366 g/mol. The lowest BCUT2D eigenvalue weighted by Gasteiger charge is -2.24. The average molecular weight is 387 g/mol. The Balaban J connectivity index is 1.66. The first kappa shape index (κ1) is 17.6. The molecule has 0 bridgehead atoms. The van der Waals surface area contributed by atoms with Crippen LogP contribution in [0.4, 0.5) is 0 Å². The van der Waals surface area contributed by atoms with Gasteiger partial charge in [-0.05, 0) is 46.5 Å². The molecule has 3 atom stereocenters. The van der Waals surface area contributed by atoms with E-state index < -0.39 is 5.92 Å². The van der Waals surface area contributed by atoms with E-state index in [-0.39, 0.29) is 24.5 Å². The zero-order valence-electron chi connectivity index (χ0n) is 16.0. The lowest BCUT2D eigenvalue weighted by atomic mass is 9.79. The van der Waals surface area contributed by atoms with Gasteiger partial charge in [0, 0.05) is 11.8 Å². The number of fused-ring (bicyclic) bond motifs is 2. The Labute approximate surface area is 169 Å². The van der Waals surface area contributed by atoms with Crippen LogP contribution in [0, 0.1) is 5.92 Å². The average Bonchev–Trinajstić information content (AvgIpc) is 3.35. The van der Waals surface area contributed by atoms with Crippen LogP contribution in [0.3, 0.4) is 0 Å². The second-order valence-electron chi connectivity index (χ2n) is 7.40. The Bertz CT molecular complexity index is 1080. The summed E-state index contributed by atoms with van der Waals surface area (Å²) in [6, 6.07) is 21.9. The molecule has 5 rings (SSSR count). The summed E-state index contributed by atoms with van der Waals surface area (Å²) >= 11 is 0. The molecule has 3 aromatic carbocycles. The van der Waals surface area contributed by atoms with Gasteiger partial charge in [-0.25, -0.2) is 0 Å². The standard InChI is InChI=1S/C24H21NO4/c1-27-16-9-6-14(7-10-16)21-17-4-2-3-5-18(17)22(23(21)24(25)26)15-8-11-19-20(12-15)29-13-28-19/h2-12,21-23H,13H2,1H3,(H2,25,26). The number of hydrogen-bond donors (Lipinski definition) is 1. The van der Waals surface area contributed by atoms with E-state index in [1.54, 1.807) is 7.11 Å². The summed E-state index contributed by atoms with van der Waals surface area (Å²) in [5.41, 5.74) is 10.3. The largest absolute Gasteiger partial charge is 0.497 e. The molecule has 29 heavy (non-hydrogen) atoms. The molecule has 0 aromatic heterocycles. The molecule has 1 amide bonds. The van der Waals surface area contributed by atoms with Crippen molar-refractivity contribution in [3.8, 4) is 17.2 Å². The van der Waals surface area contributed by atoms with Crippen molar-refractivity contribution < 1.29 is 19.0 Å². The van der Waals surface area contributed by atoms with Crippen LogP contribution in [0.1, 0.15) is 34.1 Å². The maximum atomic E-state index is 12.7. The maximum Gasteiger partial charge on any atom is 0.231 e. The van der Waals surface area contributed by atoms with E-state index in [2.05, 4.69) is 12.1 Å². The normalized spacial score (nSPS) is 21.6. The van der Waals surface area contributed by atoms with Crippen molar-refractivity contribution in [3.05, 3.63) is 89.0 Å². The van der Waals surface area contributed by atoms with Gasteiger partial charge >= 0.3 is 0 Å². The van der Waals surface area contributed by atoms with Crippen LogP contribution < -0.4 is 19.9 Å². The van der Waals surface area contributed by atoms with Crippen molar-refractivity contribution in [1.29, 1.82) is 0 Å². The highest BCUT2D eigenvalue weighted by Crippen LogP contribution is 2.53. The molecule has 1 heterocycles. The number of methoxy groups -OCH3 is 1. The van der Waals surface area contributed by atoms with Crippen molar-refractivity contribution in [2.24, 2.45) is 11.7 Å². The zero-order chi connectivity index (χ0) is 20.0. The summed E-state index contributed by atoms with van der Waals surface area (Å²) in [5, 5.41) is 0. The third-order valence-electron chi connectivity index (χ3n) is 5.94. The monoisotopic (exact) mass is 387 g/mol. The van der Waals surface area contributed by atoms with Crippen molar-refractivity contribution in [2.75, 3.05) is 13.9 Å². The molecule has 0 saturated heterocycles. The third-order valence-corrected chi connectivity index (χ3v) is 5.94. The fraction of sp³-hybridized carbons (Fsp3) is 0.208. The van der Waals surface area contributed by atoms with Gasteiger partial charge in [0.1, 0.15) is 5.75 Å². The van der Waals surface area contributed by atoms with Crippen LogP contribution in [0.5, 0.6) is 17.2 Å². The topological polar surface area (TPSA) is 70.8 Å². The number of ether oxygens (including phenoxy) is 3. The summed E-state index contributed by atoms with van der Waals surface area (Å²) in [6.07, 6.45) is 0. The van der Waals surface area contributed by atoms with Crippen LogP contribution in [0.2, 0.25) is 0 Å². The molecule has 0 spiro atoms. The number of nitrogens with two attached hydrogens (primary N) is 1. The van der Waals surface area contributed by atoms with E-state index in [1.165, 1.54) is 0 Å². The Hall–Kier alpha value is -3.47. The molecule has 1 aliphatic heterocycles. The highest BCUT2D eigenvalue weighted by Gasteiger charge is 2.45. The smallest absolute Gasteiger partial charge is 0.231 e. The number of hydrogen-bond acceptors (Lipinski definition) is 4. The molecular formula is C24H21NO4. The summed E-state index contributed by atoms with van der Waals surface area (Å²) in [7, 11) is 1.64. The van der Waals surface area contributed by atoms with Gasteiger partial charge in [0.05, 0.1) is 13.0 Å². The van der Waals surface area contributed by atoms with Gasteiger partial charge in [-0.15, -0.1) is 0 Å². The molecule has 0 radical (unpaired) electrons. The van der Waals surface area contributed by atoms with Crippen LogP contribution in [-0.4, -0.2) is 19.8 Å². The summed E-state index contributed by atoms with van der Waals surface area (Å²) in [4.78, 5) is 12.7. The van der Waals surface area contributed by atoms with E-state index in [1.807, 2.05) is 54.6 Å². The highest BCUT2D eigenvalue weighted by atomic mass is 16.7. The number of primary amides is 1. The first-order chi connectivity index (χ1) is 14.2. The molecule has 5 heteroatoms. The van der Waals surface area contributed by atoms with Gasteiger partial charge in [0.2, 0.25) is 12.7 Å². The Kier molecular flexibility index (Phi) is 4.16. The number of rotatable bonds is 4. The minimum absolute atomic E-state index is 0.120. The molecule has 3 aromatic rings. The summed E-state index contributed by atoms with van der Waals surface area (Å²) in [5.74, 6) is 1.22. The van der Waals surface area contributed by atoms with Gasteiger partial charge in [-0.1, -0.05) is 42.5 Å². The molecule has 3 unspecified atom stereocenters. The van der Waals surface area contributed by atoms with Gasteiger partial charge in [0.25, 0.3) is 0 Å². The van der Waals surface area contributed by atoms with E-state index in [9.17, 15) is 4.79 Å². The van der Waals surface area contributed by atoms with E-state index in [0.29, 0.717) is 5.75 Å². The molecule has 1 aliphatic carbocycles. The highest BCUT2D eigenvalue weighted by molar-refractivity contribution is 5.82. The molecule has 2 aliphatic rings. The van der Waals surface area contributed by atoms with Crippen molar-refractivity contribution in [2.45, 2.75) is 11.8 Å². The van der Waals surface area contributed by atoms with E-state index in [4.69, 9.17) is 19.9 Å². The van der Waals surface area contributed by atoms with Crippen molar-refractivity contribution in [1.82, 2.24) is 0 Å². The maximum absolute atomic E-state index is 12.7. The molecule has 5 nitrogen and oxygen atoms in total. The number of benzene rings is 3. The van der Waals surface area contributed by atoms with Crippen LogP contribution >= 0.6 is 0 Å². The minimum Gasteiger partial charge on any atom is -0.497 e. The van der Waals surface area contributed by atoms with Crippen molar-refractivity contribution >= 4 is 5.91 Å². The van der Waals surface area contributed by atoms with Gasteiger partial charge in [0.15, 0.2) is 11.5 Å². The lowest BCUT2D eigenvalue weighted by Crippen LogP contribution is -2.30. The van der Waals surface area contributed by atoms with E-state index >= 15 is 0 Å². The minimum atomic E-state index is -0.402. The first-order valence-electron chi connectivity index (χ1n) is 9.59. The van der Waals surface area contributed by atoms with Crippen LogP contribution in [0.25, 0.3) is 0 Å². The Morgan fingerprint density at radius 3 is 2.17 bits per heavy atom. The second-order valence-corrected chi connectivity index (χ2v) is 7.40. The Morgan fingerprint density at radius 2 is 1.52 bits per heavy atom. The number of carbonyl (C=O) groups is 1. The predicted molar refractivity (Wildman–Crippen MR) is 108 cm³/mol. The Morgan fingerprint density at radius 1 is 0.897 bits per heavy atom. The number of carbonyl (C=O) groups excluding carboxylic acids is 1. The van der Waals surface area contributed by atoms with E-state index in [0.717, 1.165) is 33.8 Å². The van der Waals surface area contributed by atoms with Crippen LogP contribution in [-0.2, 0) is 4.79 Å². The van der Waals surface area contributed by atoms with Crippen molar-refractivity contribution in [3.63, 3.8) is 0 Å². The quantitative estimate of drug-likeness (QED) is 0.739. The molecule has 146 valence electrons. The lowest BCUT2D eigenvalue weighted by molar-refractivity contribution is -0.122. The van der Waals surface area contributed by atoms with Gasteiger partial charge < -0.3 is 19.9 Å². The fourth-order valence-corrected chi connectivity index (χ4v) is 4.68. The van der Waals surface area contributed by atoms with Crippen LogP contribution in [0.15, 0.2) is 66.7 Å². The first-order valence-corrected chi connectivity index (χ1v) is 9.59. The summed E-state index contributed by atoms with van der Waals surface area (Å²) < 4.78 is 16.3. The molecule has 0 fully saturated rings. The summed E-state index contributed by atoms with van der Waals surface area (Å²) in [6.45, 7) is 0.216.